The molecule has 9 heteroatoms. The summed E-state index contributed by atoms with van der Waals surface area (Å²) < 4.78 is 16.2. The van der Waals surface area contributed by atoms with Gasteiger partial charge in [-0.2, -0.15) is 0 Å². The predicted molar refractivity (Wildman–Crippen MR) is 112 cm³/mol. The molecule has 1 atom stereocenters. The number of esters is 1. The maximum Gasteiger partial charge on any atom is 0.311 e. The number of ether oxygens (including phenoxy) is 2. The first kappa shape index (κ1) is 21.9. The standard InChI is InChI=1S/C22H24N4O5/c1-6-17(27)30-19-16(29-5)7-8-23-18(19)20(28)24-14(4)21-25-26-22(31-21)15-10-12(2)9-13(3)11-15/h7-11,14H,6H2,1-5H3,(H,24,28)/t14-/m0/s1. The molecule has 0 aliphatic carbocycles. The number of nitrogens with one attached hydrogen (secondary N) is 1. The van der Waals surface area contributed by atoms with Gasteiger partial charge in [0.2, 0.25) is 17.5 Å². The number of hydrogen-bond donors (Lipinski definition) is 1. The Morgan fingerprint density at radius 2 is 1.87 bits per heavy atom. The second kappa shape index (κ2) is 9.38. The SMILES string of the molecule is CCC(=O)Oc1c(OC)ccnc1C(=O)N[C@@H](C)c1nnc(-c2cc(C)cc(C)c2)o1. The second-order valence-electron chi connectivity index (χ2n) is 7.04. The van der Waals surface area contributed by atoms with Crippen molar-refractivity contribution in [3.63, 3.8) is 0 Å². The smallest absolute Gasteiger partial charge is 0.311 e. The van der Waals surface area contributed by atoms with Crippen LogP contribution >= 0.6 is 0 Å². The molecular formula is C22H24N4O5. The molecule has 3 rings (SSSR count). The van der Waals surface area contributed by atoms with Crippen molar-refractivity contribution in [3.05, 3.63) is 53.2 Å². The Labute approximate surface area is 179 Å². The van der Waals surface area contributed by atoms with Crippen molar-refractivity contribution < 1.29 is 23.5 Å². The summed E-state index contributed by atoms with van der Waals surface area (Å²) in [5.41, 5.74) is 2.88. The fraction of sp³-hybridized carbons (Fsp3) is 0.318. The molecule has 31 heavy (non-hydrogen) atoms. The predicted octanol–water partition coefficient (Wildman–Crippen LogP) is 3.56. The first-order valence-corrected chi connectivity index (χ1v) is 9.79. The highest BCUT2D eigenvalue weighted by Crippen LogP contribution is 2.30. The lowest BCUT2D eigenvalue weighted by Crippen LogP contribution is -2.28. The lowest BCUT2D eigenvalue weighted by atomic mass is 10.1. The molecule has 2 aromatic heterocycles. The van der Waals surface area contributed by atoms with E-state index in [1.807, 2.05) is 32.0 Å². The number of carbonyl (C=O) groups is 2. The van der Waals surface area contributed by atoms with E-state index >= 15 is 0 Å². The van der Waals surface area contributed by atoms with Gasteiger partial charge in [0.15, 0.2) is 11.4 Å². The number of carbonyl (C=O) groups excluding carboxylic acids is 2. The van der Waals surface area contributed by atoms with Gasteiger partial charge in [0, 0.05) is 24.2 Å². The highest BCUT2D eigenvalue weighted by molar-refractivity contribution is 5.96. The molecule has 0 unspecified atom stereocenters. The van der Waals surface area contributed by atoms with Gasteiger partial charge in [-0.1, -0.05) is 24.1 Å². The van der Waals surface area contributed by atoms with Crippen molar-refractivity contribution >= 4 is 11.9 Å². The Morgan fingerprint density at radius 1 is 1.16 bits per heavy atom. The molecule has 0 spiro atoms. The van der Waals surface area contributed by atoms with Gasteiger partial charge in [0.1, 0.15) is 6.04 Å². The molecular weight excluding hydrogens is 400 g/mol. The molecule has 0 aliphatic rings. The van der Waals surface area contributed by atoms with Crippen molar-refractivity contribution in [3.8, 4) is 23.0 Å². The van der Waals surface area contributed by atoms with Crippen LogP contribution in [0.2, 0.25) is 0 Å². The second-order valence-corrected chi connectivity index (χ2v) is 7.04. The zero-order chi connectivity index (χ0) is 22.5. The minimum atomic E-state index is -0.609. The third-order valence-electron chi connectivity index (χ3n) is 4.44. The zero-order valence-electron chi connectivity index (χ0n) is 18.1. The number of aryl methyl sites for hydroxylation is 2. The van der Waals surface area contributed by atoms with Gasteiger partial charge in [-0.15, -0.1) is 10.2 Å². The maximum atomic E-state index is 12.8. The van der Waals surface area contributed by atoms with E-state index in [1.54, 1.807) is 13.8 Å². The summed E-state index contributed by atoms with van der Waals surface area (Å²) in [6.07, 6.45) is 1.53. The minimum absolute atomic E-state index is 0.0389. The van der Waals surface area contributed by atoms with Crippen molar-refractivity contribution in [1.29, 1.82) is 0 Å². The van der Waals surface area contributed by atoms with Crippen LogP contribution in [-0.4, -0.2) is 34.2 Å². The summed E-state index contributed by atoms with van der Waals surface area (Å²) in [6.45, 7) is 7.33. The van der Waals surface area contributed by atoms with E-state index in [4.69, 9.17) is 13.9 Å². The van der Waals surface area contributed by atoms with Gasteiger partial charge in [0.25, 0.3) is 5.91 Å². The van der Waals surface area contributed by atoms with E-state index in [0.29, 0.717) is 5.89 Å². The molecule has 1 amide bonds. The van der Waals surface area contributed by atoms with Crippen LogP contribution < -0.4 is 14.8 Å². The van der Waals surface area contributed by atoms with E-state index < -0.39 is 17.9 Å². The number of benzene rings is 1. The monoisotopic (exact) mass is 424 g/mol. The molecule has 0 fully saturated rings. The van der Waals surface area contributed by atoms with E-state index in [-0.39, 0.29) is 29.5 Å². The number of methoxy groups -OCH3 is 1. The molecule has 1 aromatic carbocycles. The van der Waals surface area contributed by atoms with E-state index in [1.165, 1.54) is 19.4 Å². The summed E-state index contributed by atoms with van der Waals surface area (Å²) in [6, 6.07) is 6.84. The van der Waals surface area contributed by atoms with Gasteiger partial charge in [-0.05, 0) is 32.9 Å². The minimum Gasteiger partial charge on any atom is -0.493 e. The Kier molecular flexibility index (Phi) is 6.64. The first-order valence-electron chi connectivity index (χ1n) is 9.79. The van der Waals surface area contributed by atoms with Crippen LogP contribution in [0.15, 0.2) is 34.9 Å². The number of pyridine rings is 1. The van der Waals surface area contributed by atoms with Crippen molar-refractivity contribution in [1.82, 2.24) is 20.5 Å². The van der Waals surface area contributed by atoms with Crippen LogP contribution in [0.5, 0.6) is 11.5 Å². The molecule has 2 heterocycles. The summed E-state index contributed by atoms with van der Waals surface area (Å²) >= 11 is 0. The fourth-order valence-corrected chi connectivity index (χ4v) is 2.99. The van der Waals surface area contributed by atoms with Crippen molar-refractivity contribution in [2.24, 2.45) is 0 Å². The molecule has 9 nitrogen and oxygen atoms in total. The molecule has 0 aliphatic heterocycles. The fourth-order valence-electron chi connectivity index (χ4n) is 2.99. The highest BCUT2D eigenvalue weighted by Gasteiger charge is 2.24. The normalized spacial score (nSPS) is 11.6. The highest BCUT2D eigenvalue weighted by atomic mass is 16.6. The summed E-state index contributed by atoms with van der Waals surface area (Å²) in [5.74, 6) is -0.301. The molecule has 0 saturated carbocycles. The van der Waals surface area contributed by atoms with Crippen LogP contribution in [0.3, 0.4) is 0 Å². The summed E-state index contributed by atoms with van der Waals surface area (Å²) in [5, 5.41) is 10.9. The third-order valence-corrected chi connectivity index (χ3v) is 4.44. The van der Waals surface area contributed by atoms with E-state index in [9.17, 15) is 9.59 Å². The van der Waals surface area contributed by atoms with Crippen LogP contribution in [0, 0.1) is 13.8 Å². The molecule has 3 aromatic rings. The summed E-state index contributed by atoms with van der Waals surface area (Å²) in [7, 11) is 1.41. The number of hydrogen-bond acceptors (Lipinski definition) is 8. The lowest BCUT2D eigenvalue weighted by Gasteiger charge is -2.14. The maximum absolute atomic E-state index is 12.8. The van der Waals surface area contributed by atoms with Gasteiger partial charge < -0.3 is 19.2 Å². The van der Waals surface area contributed by atoms with Gasteiger partial charge in [-0.3, -0.25) is 9.59 Å². The van der Waals surface area contributed by atoms with E-state index in [0.717, 1.165) is 16.7 Å². The van der Waals surface area contributed by atoms with Crippen LogP contribution in [0.1, 0.15) is 53.8 Å². The number of rotatable bonds is 7. The van der Waals surface area contributed by atoms with Gasteiger partial charge in [-0.25, -0.2) is 4.98 Å². The number of nitrogens with zero attached hydrogens (tertiary/aromatic N) is 3. The van der Waals surface area contributed by atoms with Crippen LogP contribution in [0.25, 0.3) is 11.5 Å². The average Bonchev–Trinajstić information content (AvgIpc) is 3.23. The molecule has 1 N–H and O–H groups in total. The van der Waals surface area contributed by atoms with Crippen molar-refractivity contribution in [2.75, 3.05) is 7.11 Å². The Bertz CT molecular complexity index is 1090. The average molecular weight is 424 g/mol. The molecule has 0 bridgehead atoms. The van der Waals surface area contributed by atoms with Crippen LogP contribution in [0.4, 0.5) is 0 Å². The largest absolute Gasteiger partial charge is 0.493 e. The topological polar surface area (TPSA) is 116 Å². The van der Waals surface area contributed by atoms with E-state index in [2.05, 4.69) is 20.5 Å². The van der Waals surface area contributed by atoms with Gasteiger partial charge in [0.05, 0.1) is 7.11 Å². The number of aromatic nitrogens is 3. The first-order chi connectivity index (χ1) is 14.8. The Morgan fingerprint density at radius 3 is 2.52 bits per heavy atom. The van der Waals surface area contributed by atoms with Crippen LogP contribution in [-0.2, 0) is 4.79 Å². The van der Waals surface area contributed by atoms with Gasteiger partial charge >= 0.3 is 5.97 Å². The molecule has 0 radical (unpaired) electrons. The third kappa shape index (κ3) is 5.06. The van der Waals surface area contributed by atoms with Crippen molar-refractivity contribution in [2.45, 2.75) is 40.2 Å². The summed E-state index contributed by atoms with van der Waals surface area (Å²) in [4.78, 5) is 28.7. The zero-order valence-corrected chi connectivity index (χ0v) is 18.1. The Hall–Kier alpha value is -3.75. The molecule has 0 saturated heterocycles. The quantitative estimate of drug-likeness (QED) is 0.572. The number of amides is 1. The Balaban J connectivity index is 1.81. The lowest BCUT2D eigenvalue weighted by molar-refractivity contribution is -0.134. The molecule has 162 valence electrons.